The Morgan fingerprint density at radius 1 is 1.10 bits per heavy atom. The third kappa shape index (κ3) is 5.51. The first kappa shape index (κ1) is 20.7. The summed E-state index contributed by atoms with van der Waals surface area (Å²) in [7, 11) is 1.58. The van der Waals surface area contributed by atoms with Crippen molar-refractivity contribution in [3.8, 4) is 5.75 Å². The van der Waals surface area contributed by atoms with Crippen molar-refractivity contribution in [1.29, 1.82) is 0 Å². The van der Waals surface area contributed by atoms with Crippen LogP contribution < -0.4 is 15.4 Å². The molecule has 6 heteroatoms. The van der Waals surface area contributed by atoms with Crippen molar-refractivity contribution in [2.24, 2.45) is 5.92 Å². The topological polar surface area (TPSA) is 67.4 Å². The minimum absolute atomic E-state index is 0.112. The molecule has 3 rings (SSSR count). The summed E-state index contributed by atoms with van der Waals surface area (Å²) >= 11 is 1.68. The number of carbonyl (C=O) groups excluding carboxylic acids is 2. The lowest BCUT2D eigenvalue weighted by molar-refractivity contribution is -0.119. The average Bonchev–Trinajstić information content (AvgIpc) is 2.78. The van der Waals surface area contributed by atoms with Gasteiger partial charge in [0, 0.05) is 16.4 Å². The normalized spacial score (nSPS) is 15.4. The number of anilines is 2. The predicted octanol–water partition coefficient (Wildman–Crippen LogP) is 4.75. The molecule has 2 N–H and O–H groups in total. The Kier molecular flexibility index (Phi) is 7.14. The van der Waals surface area contributed by atoms with Gasteiger partial charge >= 0.3 is 0 Å². The first-order valence-corrected chi connectivity index (χ1v) is 10.6. The zero-order chi connectivity index (χ0) is 20.6. The molecule has 150 valence electrons. The van der Waals surface area contributed by atoms with Crippen molar-refractivity contribution in [3.05, 3.63) is 77.2 Å². The molecule has 5 nitrogen and oxygen atoms in total. The Labute approximate surface area is 175 Å². The molecule has 29 heavy (non-hydrogen) atoms. The Hall–Kier alpha value is -2.99. The minimum Gasteiger partial charge on any atom is -0.497 e. The zero-order valence-electron chi connectivity index (χ0n) is 16.5. The largest absolute Gasteiger partial charge is 0.497 e. The van der Waals surface area contributed by atoms with Gasteiger partial charge in [0.25, 0.3) is 5.91 Å². The molecule has 0 heterocycles. The van der Waals surface area contributed by atoms with Gasteiger partial charge in [-0.25, -0.2) is 0 Å². The van der Waals surface area contributed by atoms with Gasteiger partial charge in [0.05, 0.1) is 25.0 Å². The quantitative estimate of drug-likeness (QED) is 0.660. The molecule has 0 bridgehead atoms. The van der Waals surface area contributed by atoms with E-state index >= 15 is 0 Å². The first-order chi connectivity index (χ1) is 14.1. The molecule has 1 aliphatic carbocycles. The lowest BCUT2D eigenvalue weighted by Crippen LogP contribution is -2.23. The second kappa shape index (κ2) is 9.98. The van der Waals surface area contributed by atoms with Gasteiger partial charge in [-0.15, -0.1) is 11.8 Å². The van der Waals surface area contributed by atoms with Crippen LogP contribution in [0.25, 0.3) is 0 Å². The number of thioether (sulfide) groups is 1. The number of nitrogens with one attached hydrogen (secondary N) is 2. The summed E-state index contributed by atoms with van der Waals surface area (Å²) < 4.78 is 5.12. The molecule has 1 unspecified atom stereocenters. The lowest BCUT2D eigenvalue weighted by Gasteiger charge is -2.17. The second-order valence-corrected chi connectivity index (χ2v) is 7.44. The Morgan fingerprint density at radius 2 is 1.83 bits per heavy atom. The maximum absolute atomic E-state index is 12.5. The number of rotatable bonds is 8. The van der Waals surface area contributed by atoms with Crippen molar-refractivity contribution < 1.29 is 14.3 Å². The second-order valence-electron chi connectivity index (χ2n) is 6.56. The average molecular weight is 409 g/mol. The van der Waals surface area contributed by atoms with Gasteiger partial charge in [-0.05, 0) is 49.1 Å². The number of ether oxygens (including phenoxy) is 1. The summed E-state index contributed by atoms with van der Waals surface area (Å²) in [5.41, 5.74) is 1.87. The molecule has 1 atom stereocenters. The smallest absolute Gasteiger partial charge is 0.255 e. The van der Waals surface area contributed by atoms with Crippen LogP contribution >= 0.6 is 11.8 Å². The fourth-order valence-electron chi connectivity index (χ4n) is 2.99. The Balaban J connectivity index is 1.61. The molecular weight excluding hydrogens is 384 g/mol. The van der Waals surface area contributed by atoms with Crippen LogP contribution in [-0.4, -0.2) is 31.6 Å². The van der Waals surface area contributed by atoms with E-state index in [1.807, 2.05) is 42.7 Å². The summed E-state index contributed by atoms with van der Waals surface area (Å²) in [6.45, 7) is 0.201. The molecule has 0 radical (unpaired) electrons. The van der Waals surface area contributed by atoms with Gasteiger partial charge in [0.15, 0.2) is 5.78 Å². The van der Waals surface area contributed by atoms with Crippen molar-refractivity contribution in [1.82, 2.24) is 0 Å². The van der Waals surface area contributed by atoms with E-state index in [0.29, 0.717) is 22.7 Å². The summed E-state index contributed by atoms with van der Waals surface area (Å²) in [5, 5.41) is 6.07. The fourth-order valence-corrected chi connectivity index (χ4v) is 3.46. The number of allylic oxidation sites excluding steroid dienone is 3. The third-order valence-corrected chi connectivity index (χ3v) is 5.47. The number of ketones is 1. The third-order valence-electron chi connectivity index (χ3n) is 4.70. The summed E-state index contributed by atoms with van der Waals surface area (Å²) in [5.74, 6) is 0.477. The summed E-state index contributed by atoms with van der Waals surface area (Å²) in [6, 6.07) is 14.3. The minimum atomic E-state index is -0.224. The van der Waals surface area contributed by atoms with E-state index in [1.54, 1.807) is 43.1 Å². The highest BCUT2D eigenvalue weighted by molar-refractivity contribution is 8.02. The van der Waals surface area contributed by atoms with Crippen LogP contribution in [0.1, 0.15) is 16.8 Å². The number of hydrogen-bond donors (Lipinski definition) is 2. The summed E-state index contributed by atoms with van der Waals surface area (Å²) in [6.07, 6.45) is 8.81. The van der Waals surface area contributed by atoms with Gasteiger partial charge in [0.2, 0.25) is 0 Å². The Morgan fingerprint density at radius 3 is 2.45 bits per heavy atom. The highest BCUT2D eigenvalue weighted by atomic mass is 32.2. The van der Waals surface area contributed by atoms with Crippen molar-refractivity contribution in [3.63, 3.8) is 0 Å². The molecule has 0 aromatic heterocycles. The van der Waals surface area contributed by atoms with Crippen LogP contribution in [-0.2, 0) is 4.79 Å². The molecule has 0 saturated heterocycles. The molecule has 1 aliphatic rings. The molecule has 0 spiro atoms. The SMILES string of the molecule is COc1ccc(C(=O)Nc2ccccc2NCC(=O)C2C=CC(SC)=CC2)cc1. The first-order valence-electron chi connectivity index (χ1n) is 9.34. The van der Waals surface area contributed by atoms with Crippen LogP contribution in [0.5, 0.6) is 5.75 Å². The van der Waals surface area contributed by atoms with E-state index in [2.05, 4.69) is 16.7 Å². The van der Waals surface area contributed by atoms with Crippen LogP contribution in [0.3, 0.4) is 0 Å². The predicted molar refractivity (Wildman–Crippen MR) is 120 cm³/mol. The molecule has 0 fully saturated rings. The van der Waals surface area contributed by atoms with Gasteiger partial charge < -0.3 is 15.4 Å². The molecule has 2 aromatic carbocycles. The van der Waals surface area contributed by atoms with Crippen molar-refractivity contribution in [2.45, 2.75) is 6.42 Å². The van der Waals surface area contributed by atoms with Crippen LogP contribution in [0, 0.1) is 5.92 Å². The molecule has 0 saturated carbocycles. The maximum Gasteiger partial charge on any atom is 0.255 e. The van der Waals surface area contributed by atoms with Gasteiger partial charge in [0.1, 0.15) is 5.75 Å². The maximum atomic E-state index is 12.5. The van der Waals surface area contributed by atoms with E-state index in [4.69, 9.17) is 4.74 Å². The number of carbonyl (C=O) groups is 2. The highest BCUT2D eigenvalue weighted by Gasteiger charge is 2.17. The number of benzene rings is 2. The van der Waals surface area contributed by atoms with E-state index in [9.17, 15) is 9.59 Å². The summed E-state index contributed by atoms with van der Waals surface area (Å²) in [4.78, 5) is 26.3. The van der Waals surface area contributed by atoms with E-state index in [0.717, 1.165) is 6.42 Å². The number of hydrogen-bond acceptors (Lipinski definition) is 5. The molecule has 2 aromatic rings. The van der Waals surface area contributed by atoms with Crippen LogP contribution in [0.4, 0.5) is 11.4 Å². The van der Waals surface area contributed by atoms with E-state index < -0.39 is 0 Å². The van der Waals surface area contributed by atoms with Gasteiger partial charge in [-0.2, -0.15) is 0 Å². The van der Waals surface area contributed by atoms with Gasteiger partial charge in [-0.3, -0.25) is 9.59 Å². The Bertz CT molecular complexity index is 935. The van der Waals surface area contributed by atoms with E-state index in [-0.39, 0.29) is 24.2 Å². The standard InChI is InChI=1S/C23H24N2O3S/c1-28-18-11-7-17(8-12-18)23(27)25-21-6-4-3-5-20(21)24-15-22(26)16-9-13-19(29-2)14-10-16/h3-9,11-14,16,24H,10,15H2,1-2H3,(H,25,27). The van der Waals surface area contributed by atoms with E-state index in [1.165, 1.54) is 4.91 Å². The molecular formula is C23H24N2O3S. The number of para-hydroxylation sites is 2. The lowest BCUT2D eigenvalue weighted by atomic mass is 9.96. The van der Waals surface area contributed by atoms with Crippen LogP contribution in [0.15, 0.2) is 71.7 Å². The number of amides is 1. The molecule has 0 aliphatic heterocycles. The van der Waals surface area contributed by atoms with Crippen molar-refractivity contribution >= 4 is 34.8 Å². The number of methoxy groups -OCH3 is 1. The van der Waals surface area contributed by atoms with Gasteiger partial charge in [-0.1, -0.05) is 30.4 Å². The number of Topliss-reactive ketones (excluding diaryl/α,β-unsaturated/α-hetero) is 1. The highest BCUT2D eigenvalue weighted by Crippen LogP contribution is 2.25. The van der Waals surface area contributed by atoms with Crippen molar-refractivity contribution in [2.75, 3.05) is 30.5 Å². The molecule has 1 amide bonds. The zero-order valence-corrected chi connectivity index (χ0v) is 17.3. The monoisotopic (exact) mass is 408 g/mol. The van der Waals surface area contributed by atoms with Crippen LogP contribution in [0.2, 0.25) is 0 Å². The fraction of sp³-hybridized carbons (Fsp3) is 0.217.